The first-order valence-corrected chi connectivity index (χ1v) is 14.4. The van der Waals surface area contributed by atoms with Gasteiger partial charge >= 0.3 is 0 Å². The van der Waals surface area contributed by atoms with Crippen molar-refractivity contribution in [1.29, 1.82) is 0 Å². The zero-order chi connectivity index (χ0) is 26.3. The molecule has 0 radical (unpaired) electrons. The van der Waals surface area contributed by atoms with Gasteiger partial charge in [-0.15, -0.1) is 11.8 Å². The summed E-state index contributed by atoms with van der Waals surface area (Å²) < 4.78 is -0.665. The molecular formula is C29H37N3O4S. The summed E-state index contributed by atoms with van der Waals surface area (Å²) in [6, 6.07) is 12.6. The fourth-order valence-corrected chi connectivity index (χ4v) is 8.95. The number of aliphatic hydroxyl groups excluding tert-OH is 1. The standard InChI is InChI=1S/C29H37N3O4S/c1-4-13-30-26(34)23-22-11-12-29(37-22)24(23)28(36)32(21(16-33)14-17(2)3)25(29)27(35)31-20-10-9-18-7-5-6-8-19(18)15-20/h5-10,15,17,21-25,33H,4,11-14,16H2,1-3H3,(H,30,34)(H,31,35)/t21-,22-,23+,24+,25?,29?/m1/s1. The Morgan fingerprint density at radius 3 is 2.62 bits per heavy atom. The summed E-state index contributed by atoms with van der Waals surface area (Å²) in [5.41, 5.74) is 0.676. The molecule has 2 unspecified atom stereocenters. The monoisotopic (exact) mass is 523 g/mol. The molecule has 6 atom stereocenters. The minimum absolute atomic E-state index is 0.0293. The Bertz CT molecular complexity index is 1200. The van der Waals surface area contributed by atoms with Gasteiger partial charge in [0.15, 0.2) is 0 Å². The Labute approximate surface area is 222 Å². The van der Waals surface area contributed by atoms with E-state index in [1.165, 1.54) is 0 Å². The van der Waals surface area contributed by atoms with Crippen LogP contribution in [0.4, 0.5) is 5.69 Å². The quantitative estimate of drug-likeness (QED) is 0.464. The minimum atomic E-state index is -0.744. The summed E-state index contributed by atoms with van der Waals surface area (Å²) >= 11 is 1.66. The number of benzene rings is 2. The highest BCUT2D eigenvalue weighted by molar-refractivity contribution is 8.02. The van der Waals surface area contributed by atoms with E-state index in [1.807, 2.05) is 63.2 Å². The van der Waals surface area contributed by atoms with Gasteiger partial charge in [0.25, 0.3) is 0 Å². The second-order valence-corrected chi connectivity index (χ2v) is 12.7. The molecule has 5 rings (SSSR count). The van der Waals surface area contributed by atoms with E-state index in [1.54, 1.807) is 16.7 Å². The number of hydrogen-bond acceptors (Lipinski definition) is 5. The number of aliphatic hydroxyl groups is 1. The van der Waals surface area contributed by atoms with Crippen LogP contribution in [0.3, 0.4) is 0 Å². The van der Waals surface area contributed by atoms with Crippen LogP contribution in [0.25, 0.3) is 10.8 Å². The predicted molar refractivity (Wildman–Crippen MR) is 147 cm³/mol. The van der Waals surface area contributed by atoms with Crippen LogP contribution < -0.4 is 10.6 Å². The summed E-state index contributed by atoms with van der Waals surface area (Å²) in [6.07, 6.45) is 2.93. The smallest absolute Gasteiger partial charge is 0.248 e. The van der Waals surface area contributed by atoms with Gasteiger partial charge in [-0.05, 0) is 54.5 Å². The summed E-state index contributed by atoms with van der Waals surface area (Å²) in [6.45, 7) is 6.46. The lowest BCUT2D eigenvalue weighted by Gasteiger charge is -2.37. The Morgan fingerprint density at radius 1 is 1.16 bits per heavy atom. The number of rotatable bonds is 9. The molecular weight excluding hydrogens is 486 g/mol. The van der Waals surface area contributed by atoms with Crippen molar-refractivity contribution in [2.45, 2.75) is 68.5 Å². The summed E-state index contributed by atoms with van der Waals surface area (Å²) in [7, 11) is 0. The van der Waals surface area contributed by atoms with E-state index in [0.717, 1.165) is 23.6 Å². The van der Waals surface area contributed by atoms with E-state index in [2.05, 4.69) is 10.6 Å². The molecule has 198 valence electrons. The largest absolute Gasteiger partial charge is 0.394 e. The molecule has 0 aromatic heterocycles. The van der Waals surface area contributed by atoms with Crippen molar-refractivity contribution in [2.24, 2.45) is 17.8 Å². The molecule has 3 heterocycles. The van der Waals surface area contributed by atoms with Crippen molar-refractivity contribution >= 4 is 45.9 Å². The highest BCUT2D eigenvalue weighted by atomic mass is 32.2. The van der Waals surface area contributed by atoms with Gasteiger partial charge < -0.3 is 20.6 Å². The SMILES string of the molecule is CCCNC(=O)[C@@H]1[C@H]2C(=O)N([C@@H](CO)CC(C)C)C(C(=O)Nc3ccc4ccccc4c3)C23CC[C@H]1S3. The summed E-state index contributed by atoms with van der Waals surface area (Å²) in [5, 5.41) is 18.6. The molecule has 7 nitrogen and oxygen atoms in total. The Kier molecular flexibility index (Phi) is 7.24. The van der Waals surface area contributed by atoms with Crippen molar-refractivity contribution in [3.8, 4) is 0 Å². The zero-order valence-corrected chi connectivity index (χ0v) is 22.6. The molecule has 3 fully saturated rings. The molecule has 3 N–H and O–H groups in total. The van der Waals surface area contributed by atoms with Crippen molar-refractivity contribution in [1.82, 2.24) is 10.2 Å². The third-order valence-corrected chi connectivity index (χ3v) is 10.2. The maximum absolute atomic E-state index is 14.1. The van der Waals surface area contributed by atoms with Crippen LogP contribution in [0.5, 0.6) is 0 Å². The molecule has 3 aliphatic heterocycles. The molecule has 0 saturated carbocycles. The van der Waals surface area contributed by atoms with Gasteiger partial charge in [-0.25, -0.2) is 0 Å². The first-order valence-electron chi connectivity index (χ1n) is 13.5. The molecule has 3 saturated heterocycles. The van der Waals surface area contributed by atoms with Gasteiger partial charge in [0.1, 0.15) is 6.04 Å². The molecule has 3 amide bonds. The normalized spacial score (nSPS) is 29.1. The lowest BCUT2D eigenvalue weighted by molar-refractivity contribution is -0.142. The van der Waals surface area contributed by atoms with E-state index in [4.69, 9.17) is 0 Å². The lowest BCUT2D eigenvalue weighted by Crippen LogP contribution is -2.55. The molecule has 2 aromatic carbocycles. The van der Waals surface area contributed by atoms with E-state index < -0.39 is 28.7 Å². The number of fused-ring (bicyclic) bond motifs is 2. The number of likely N-dealkylation sites (tertiary alicyclic amines) is 1. The van der Waals surface area contributed by atoms with Crippen molar-refractivity contribution in [3.63, 3.8) is 0 Å². The van der Waals surface area contributed by atoms with Crippen LogP contribution in [0.2, 0.25) is 0 Å². The molecule has 0 aliphatic carbocycles. The number of thioether (sulfide) groups is 1. The third-order valence-electron chi connectivity index (χ3n) is 8.20. The highest BCUT2D eigenvalue weighted by Gasteiger charge is 2.74. The van der Waals surface area contributed by atoms with Crippen molar-refractivity contribution < 1.29 is 19.5 Å². The van der Waals surface area contributed by atoms with E-state index in [-0.39, 0.29) is 35.5 Å². The van der Waals surface area contributed by atoms with Crippen LogP contribution in [0.1, 0.15) is 46.5 Å². The van der Waals surface area contributed by atoms with Crippen molar-refractivity contribution in [3.05, 3.63) is 42.5 Å². The van der Waals surface area contributed by atoms with E-state index >= 15 is 0 Å². The second kappa shape index (κ2) is 10.3. The van der Waals surface area contributed by atoms with Crippen LogP contribution in [-0.4, -0.2) is 63.0 Å². The second-order valence-electron chi connectivity index (χ2n) is 11.1. The Hall–Kier alpha value is -2.58. The number of anilines is 1. The fourth-order valence-electron chi connectivity index (χ4n) is 6.75. The molecule has 2 bridgehead atoms. The van der Waals surface area contributed by atoms with Gasteiger partial charge in [-0.1, -0.05) is 51.1 Å². The van der Waals surface area contributed by atoms with Gasteiger partial charge in [0.2, 0.25) is 17.7 Å². The van der Waals surface area contributed by atoms with Crippen LogP contribution >= 0.6 is 11.8 Å². The van der Waals surface area contributed by atoms with Crippen LogP contribution in [-0.2, 0) is 14.4 Å². The summed E-state index contributed by atoms with van der Waals surface area (Å²) in [5.74, 6) is -1.25. The molecule has 37 heavy (non-hydrogen) atoms. The van der Waals surface area contributed by atoms with Crippen LogP contribution in [0.15, 0.2) is 42.5 Å². The highest BCUT2D eigenvalue weighted by Crippen LogP contribution is 2.66. The van der Waals surface area contributed by atoms with Gasteiger partial charge in [0, 0.05) is 17.5 Å². The molecule has 1 spiro atoms. The minimum Gasteiger partial charge on any atom is -0.394 e. The van der Waals surface area contributed by atoms with Gasteiger partial charge in [0.05, 0.1) is 29.2 Å². The average Bonchev–Trinajstić information content (AvgIpc) is 3.53. The maximum atomic E-state index is 14.1. The number of amides is 3. The number of nitrogens with zero attached hydrogens (tertiary/aromatic N) is 1. The van der Waals surface area contributed by atoms with Crippen LogP contribution in [0, 0.1) is 17.8 Å². The predicted octanol–water partition coefficient (Wildman–Crippen LogP) is 3.80. The maximum Gasteiger partial charge on any atom is 0.248 e. The molecule has 8 heteroatoms. The fraction of sp³-hybridized carbons (Fsp3) is 0.552. The van der Waals surface area contributed by atoms with Gasteiger partial charge in [-0.2, -0.15) is 0 Å². The van der Waals surface area contributed by atoms with E-state index in [9.17, 15) is 19.5 Å². The topological polar surface area (TPSA) is 98.7 Å². The Balaban J connectivity index is 1.51. The summed E-state index contributed by atoms with van der Waals surface area (Å²) in [4.78, 5) is 43.1. The average molecular weight is 524 g/mol. The zero-order valence-electron chi connectivity index (χ0n) is 21.8. The lowest BCUT2D eigenvalue weighted by atomic mass is 9.70. The number of carbonyl (C=O) groups is 3. The Morgan fingerprint density at radius 2 is 1.92 bits per heavy atom. The first-order chi connectivity index (χ1) is 17.8. The van der Waals surface area contributed by atoms with Gasteiger partial charge in [-0.3, -0.25) is 14.4 Å². The number of hydrogen-bond donors (Lipinski definition) is 3. The number of nitrogens with one attached hydrogen (secondary N) is 2. The van der Waals surface area contributed by atoms with Crippen molar-refractivity contribution in [2.75, 3.05) is 18.5 Å². The number of carbonyl (C=O) groups excluding carboxylic acids is 3. The van der Waals surface area contributed by atoms with E-state index in [0.29, 0.717) is 25.1 Å². The molecule has 3 aliphatic rings. The first kappa shape index (κ1) is 26.0. The molecule has 2 aromatic rings. The third kappa shape index (κ3) is 4.42.